The largest absolute Gasteiger partial charge is 0.330 e. The molecule has 1 heterocycles. The van der Waals surface area contributed by atoms with Crippen molar-refractivity contribution in [2.24, 2.45) is 11.7 Å². The zero-order valence-corrected chi connectivity index (χ0v) is 10.4. The van der Waals surface area contributed by atoms with Gasteiger partial charge in [-0.3, -0.25) is 5.10 Å². The summed E-state index contributed by atoms with van der Waals surface area (Å²) in [6, 6.07) is 0. The first-order valence-electron chi connectivity index (χ1n) is 6.48. The van der Waals surface area contributed by atoms with Crippen LogP contribution in [-0.4, -0.2) is 16.7 Å². The molecular weight excluding hydrogens is 198 g/mol. The Kier molecular flexibility index (Phi) is 3.64. The first-order valence-corrected chi connectivity index (χ1v) is 6.48. The van der Waals surface area contributed by atoms with Gasteiger partial charge in [-0.25, -0.2) is 0 Å². The van der Waals surface area contributed by atoms with Gasteiger partial charge in [0.2, 0.25) is 0 Å². The lowest BCUT2D eigenvalue weighted by Gasteiger charge is -2.24. The van der Waals surface area contributed by atoms with E-state index in [1.54, 1.807) is 0 Å². The number of aromatic nitrogens is 2. The van der Waals surface area contributed by atoms with Gasteiger partial charge in [-0.1, -0.05) is 20.3 Å². The quantitative estimate of drug-likeness (QED) is 0.802. The molecule has 3 N–H and O–H groups in total. The molecule has 0 atom stereocenters. The van der Waals surface area contributed by atoms with E-state index in [1.165, 1.54) is 36.2 Å². The third-order valence-corrected chi connectivity index (χ3v) is 3.48. The van der Waals surface area contributed by atoms with Crippen LogP contribution in [-0.2, 0) is 12.8 Å². The normalized spacial score (nSPS) is 16.8. The van der Waals surface area contributed by atoms with E-state index in [1.807, 2.05) is 0 Å². The summed E-state index contributed by atoms with van der Waals surface area (Å²) in [7, 11) is 0. The van der Waals surface area contributed by atoms with Crippen LogP contribution in [0, 0.1) is 5.92 Å². The average molecular weight is 221 g/mol. The predicted molar refractivity (Wildman–Crippen MR) is 66.5 cm³/mol. The minimum absolute atomic E-state index is 0.672. The molecule has 1 aromatic heterocycles. The standard InChI is InChI=1S/C13H23N3/c1-9(2)8-12-11(6-7-14)13(16-15-12)10-4-3-5-10/h9-10H,3-8,14H2,1-2H3,(H,15,16). The molecule has 2 rings (SSSR count). The van der Waals surface area contributed by atoms with E-state index in [0.29, 0.717) is 11.8 Å². The minimum Gasteiger partial charge on any atom is -0.330 e. The molecular formula is C13H23N3. The van der Waals surface area contributed by atoms with Crippen molar-refractivity contribution in [3.8, 4) is 0 Å². The number of rotatable bonds is 5. The van der Waals surface area contributed by atoms with Crippen molar-refractivity contribution in [1.29, 1.82) is 0 Å². The molecule has 0 spiro atoms. The van der Waals surface area contributed by atoms with E-state index in [9.17, 15) is 0 Å². The second-order valence-electron chi connectivity index (χ2n) is 5.33. The third kappa shape index (κ3) is 2.29. The van der Waals surface area contributed by atoms with Gasteiger partial charge in [0.05, 0.1) is 5.69 Å². The van der Waals surface area contributed by atoms with Gasteiger partial charge in [0, 0.05) is 11.6 Å². The van der Waals surface area contributed by atoms with Gasteiger partial charge >= 0.3 is 0 Å². The molecule has 0 bridgehead atoms. The summed E-state index contributed by atoms with van der Waals surface area (Å²) in [5.74, 6) is 1.38. The lowest BCUT2D eigenvalue weighted by molar-refractivity contribution is 0.408. The molecule has 0 unspecified atom stereocenters. The van der Waals surface area contributed by atoms with Gasteiger partial charge in [0.15, 0.2) is 0 Å². The minimum atomic E-state index is 0.672. The maximum Gasteiger partial charge on any atom is 0.0688 e. The molecule has 16 heavy (non-hydrogen) atoms. The van der Waals surface area contributed by atoms with Crippen molar-refractivity contribution < 1.29 is 0 Å². The van der Waals surface area contributed by atoms with Gasteiger partial charge < -0.3 is 5.73 Å². The van der Waals surface area contributed by atoms with Crippen LogP contribution in [0.25, 0.3) is 0 Å². The lowest BCUT2D eigenvalue weighted by Crippen LogP contribution is -2.14. The Balaban J connectivity index is 2.19. The Hall–Kier alpha value is -0.830. The Bertz CT molecular complexity index is 337. The number of aromatic amines is 1. The Morgan fingerprint density at radius 1 is 1.44 bits per heavy atom. The van der Waals surface area contributed by atoms with Gasteiger partial charge in [0.1, 0.15) is 0 Å². The van der Waals surface area contributed by atoms with Crippen LogP contribution in [0.5, 0.6) is 0 Å². The van der Waals surface area contributed by atoms with Crippen molar-refractivity contribution in [2.75, 3.05) is 6.54 Å². The van der Waals surface area contributed by atoms with Gasteiger partial charge in [-0.05, 0) is 43.7 Å². The molecule has 90 valence electrons. The summed E-state index contributed by atoms with van der Waals surface area (Å²) >= 11 is 0. The van der Waals surface area contributed by atoms with E-state index >= 15 is 0 Å². The Morgan fingerprint density at radius 3 is 2.69 bits per heavy atom. The maximum atomic E-state index is 5.71. The molecule has 1 fully saturated rings. The fourth-order valence-electron chi connectivity index (χ4n) is 2.44. The van der Waals surface area contributed by atoms with Gasteiger partial charge in [-0.2, -0.15) is 5.10 Å². The highest BCUT2D eigenvalue weighted by atomic mass is 15.1. The predicted octanol–water partition coefficient (Wildman–Crippen LogP) is 2.38. The molecule has 0 saturated heterocycles. The number of H-pyrrole nitrogens is 1. The molecule has 0 amide bonds. The number of nitrogens with two attached hydrogens (primary N) is 1. The summed E-state index contributed by atoms with van der Waals surface area (Å²) in [5, 5.41) is 7.76. The summed E-state index contributed by atoms with van der Waals surface area (Å²) in [4.78, 5) is 0. The smallest absolute Gasteiger partial charge is 0.0688 e. The van der Waals surface area contributed by atoms with Crippen LogP contribution in [0.4, 0.5) is 0 Å². The average Bonchev–Trinajstić information content (AvgIpc) is 2.48. The summed E-state index contributed by atoms with van der Waals surface area (Å²) < 4.78 is 0. The lowest BCUT2D eigenvalue weighted by atomic mass is 9.80. The second-order valence-corrected chi connectivity index (χ2v) is 5.33. The van der Waals surface area contributed by atoms with Crippen molar-refractivity contribution in [1.82, 2.24) is 10.2 Å². The molecule has 3 nitrogen and oxygen atoms in total. The van der Waals surface area contributed by atoms with Gasteiger partial charge in [-0.15, -0.1) is 0 Å². The van der Waals surface area contributed by atoms with Crippen LogP contribution >= 0.6 is 0 Å². The monoisotopic (exact) mass is 221 g/mol. The van der Waals surface area contributed by atoms with E-state index in [4.69, 9.17) is 5.73 Å². The summed E-state index contributed by atoms with van der Waals surface area (Å²) in [6.07, 6.45) is 6.05. The Morgan fingerprint density at radius 2 is 2.19 bits per heavy atom. The molecule has 0 aromatic carbocycles. The van der Waals surface area contributed by atoms with E-state index in [0.717, 1.165) is 19.4 Å². The summed E-state index contributed by atoms with van der Waals surface area (Å²) in [6.45, 7) is 5.22. The van der Waals surface area contributed by atoms with E-state index in [2.05, 4.69) is 24.0 Å². The summed E-state index contributed by atoms with van der Waals surface area (Å²) in [5.41, 5.74) is 9.76. The molecule has 0 radical (unpaired) electrons. The number of hydrogen-bond donors (Lipinski definition) is 2. The molecule has 0 aliphatic heterocycles. The maximum absolute atomic E-state index is 5.71. The van der Waals surface area contributed by atoms with E-state index < -0.39 is 0 Å². The van der Waals surface area contributed by atoms with Crippen LogP contribution in [0.3, 0.4) is 0 Å². The SMILES string of the molecule is CC(C)Cc1[nH]nc(C2CCC2)c1CCN. The van der Waals surface area contributed by atoms with Crippen molar-refractivity contribution in [2.45, 2.75) is 51.9 Å². The molecule has 1 aromatic rings. The fourth-order valence-corrected chi connectivity index (χ4v) is 2.44. The van der Waals surface area contributed by atoms with Crippen LogP contribution in [0.1, 0.15) is 56.0 Å². The topological polar surface area (TPSA) is 54.7 Å². The zero-order chi connectivity index (χ0) is 11.5. The molecule has 1 aliphatic carbocycles. The zero-order valence-electron chi connectivity index (χ0n) is 10.4. The van der Waals surface area contributed by atoms with E-state index in [-0.39, 0.29) is 0 Å². The van der Waals surface area contributed by atoms with Crippen molar-refractivity contribution in [3.05, 3.63) is 17.0 Å². The number of nitrogens with zero attached hydrogens (tertiary/aromatic N) is 1. The second kappa shape index (κ2) is 5.00. The fraction of sp³-hybridized carbons (Fsp3) is 0.769. The van der Waals surface area contributed by atoms with Crippen LogP contribution in [0.2, 0.25) is 0 Å². The van der Waals surface area contributed by atoms with Crippen molar-refractivity contribution >= 4 is 0 Å². The first kappa shape index (κ1) is 11.6. The molecule has 1 aliphatic rings. The molecule has 3 heteroatoms. The number of nitrogens with one attached hydrogen (secondary N) is 1. The number of hydrogen-bond acceptors (Lipinski definition) is 2. The molecule has 1 saturated carbocycles. The first-order chi connectivity index (χ1) is 7.72. The highest BCUT2D eigenvalue weighted by Crippen LogP contribution is 2.37. The third-order valence-electron chi connectivity index (χ3n) is 3.48. The van der Waals surface area contributed by atoms with Gasteiger partial charge in [0.25, 0.3) is 0 Å². The van der Waals surface area contributed by atoms with Crippen LogP contribution in [0.15, 0.2) is 0 Å². The Labute approximate surface area is 97.8 Å². The van der Waals surface area contributed by atoms with Crippen LogP contribution < -0.4 is 5.73 Å². The van der Waals surface area contributed by atoms with Crippen molar-refractivity contribution in [3.63, 3.8) is 0 Å². The highest BCUT2D eigenvalue weighted by molar-refractivity contribution is 5.30. The highest BCUT2D eigenvalue weighted by Gasteiger charge is 2.26.